The van der Waals surface area contributed by atoms with Crippen molar-refractivity contribution in [1.82, 2.24) is 0 Å². The molecular formula is C13H22N2O2. The van der Waals surface area contributed by atoms with Crippen LogP contribution >= 0.6 is 0 Å². The summed E-state index contributed by atoms with van der Waals surface area (Å²) < 4.78 is 5.06. The van der Waals surface area contributed by atoms with Crippen LogP contribution in [-0.4, -0.2) is 31.9 Å². The standard InChI is InChI=1S/C13H22N2O2/c1-4-15(7-8-17-3)11-5-6-12(10(2)14)13(16)9-11/h5-6,9-10,16H,4,7-8,14H2,1-3H3. The second-order valence-corrected chi connectivity index (χ2v) is 4.10. The molecule has 0 aromatic heterocycles. The summed E-state index contributed by atoms with van der Waals surface area (Å²) >= 11 is 0. The molecule has 1 unspecified atom stereocenters. The van der Waals surface area contributed by atoms with Gasteiger partial charge in [0.05, 0.1) is 6.61 Å². The molecule has 4 nitrogen and oxygen atoms in total. The van der Waals surface area contributed by atoms with Gasteiger partial charge in [0.25, 0.3) is 0 Å². The topological polar surface area (TPSA) is 58.7 Å². The highest BCUT2D eigenvalue weighted by Gasteiger charge is 2.10. The highest BCUT2D eigenvalue weighted by Crippen LogP contribution is 2.27. The number of phenolic OH excluding ortho intramolecular Hbond substituents is 1. The van der Waals surface area contributed by atoms with Gasteiger partial charge < -0.3 is 20.5 Å². The van der Waals surface area contributed by atoms with E-state index in [0.29, 0.717) is 6.61 Å². The van der Waals surface area contributed by atoms with Gasteiger partial charge in [-0.2, -0.15) is 0 Å². The number of ether oxygens (including phenoxy) is 1. The van der Waals surface area contributed by atoms with Crippen molar-refractivity contribution in [3.8, 4) is 5.75 Å². The molecule has 0 saturated carbocycles. The maximum absolute atomic E-state index is 9.89. The van der Waals surface area contributed by atoms with Gasteiger partial charge in [0.1, 0.15) is 5.75 Å². The molecule has 0 bridgehead atoms. The molecule has 0 aliphatic heterocycles. The van der Waals surface area contributed by atoms with E-state index in [0.717, 1.165) is 24.3 Å². The Hall–Kier alpha value is -1.26. The van der Waals surface area contributed by atoms with Crippen LogP contribution in [0.1, 0.15) is 25.5 Å². The number of benzene rings is 1. The highest BCUT2D eigenvalue weighted by atomic mass is 16.5. The first-order chi connectivity index (χ1) is 8.10. The molecule has 0 aliphatic rings. The molecule has 0 heterocycles. The first-order valence-corrected chi connectivity index (χ1v) is 5.92. The zero-order valence-corrected chi connectivity index (χ0v) is 10.8. The second kappa shape index (κ2) is 6.47. The lowest BCUT2D eigenvalue weighted by atomic mass is 10.1. The van der Waals surface area contributed by atoms with Crippen molar-refractivity contribution >= 4 is 5.69 Å². The fourth-order valence-electron chi connectivity index (χ4n) is 1.79. The third-order valence-corrected chi connectivity index (χ3v) is 2.82. The van der Waals surface area contributed by atoms with Crippen LogP contribution in [0.15, 0.2) is 18.2 Å². The molecule has 1 aromatic rings. The van der Waals surface area contributed by atoms with Crippen LogP contribution in [0, 0.1) is 0 Å². The quantitative estimate of drug-likeness (QED) is 0.794. The van der Waals surface area contributed by atoms with Crippen LogP contribution in [0.25, 0.3) is 0 Å². The molecule has 0 radical (unpaired) electrons. The van der Waals surface area contributed by atoms with Gasteiger partial charge in [0.2, 0.25) is 0 Å². The summed E-state index contributed by atoms with van der Waals surface area (Å²) in [6.07, 6.45) is 0. The van der Waals surface area contributed by atoms with Crippen molar-refractivity contribution in [1.29, 1.82) is 0 Å². The minimum absolute atomic E-state index is 0.155. The van der Waals surface area contributed by atoms with E-state index >= 15 is 0 Å². The highest BCUT2D eigenvalue weighted by molar-refractivity contribution is 5.53. The van der Waals surface area contributed by atoms with Crippen molar-refractivity contribution < 1.29 is 9.84 Å². The molecule has 0 fully saturated rings. The summed E-state index contributed by atoms with van der Waals surface area (Å²) in [6, 6.07) is 5.47. The molecule has 96 valence electrons. The van der Waals surface area contributed by atoms with E-state index in [4.69, 9.17) is 10.5 Å². The lowest BCUT2D eigenvalue weighted by molar-refractivity contribution is 0.205. The number of nitrogens with two attached hydrogens (primary N) is 1. The Kier molecular flexibility index (Phi) is 5.25. The average molecular weight is 238 g/mol. The zero-order chi connectivity index (χ0) is 12.8. The van der Waals surface area contributed by atoms with Gasteiger partial charge in [0.15, 0.2) is 0 Å². The Morgan fingerprint density at radius 1 is 1.47 bits per heavy atom. The van der Waals surface area contributed by atoms with E-state index < -0.39 is 0 Å². The van der Waals surface area contributed by atoms with Gasteiger partial charge >= 0.3 is 0 Å². The van der Waals surface area contributed by atoms with E-state index in [-0.39, 0.29) is 11.8 Å². The van der Waals surface area contributed by atoms with Crippen molar-refractivity contribution in [3.63, 3.8) is 0 Å². The molecule has 0 amide bonds. The summed E-state index contributed by atoms with van der Waals surface area (Å²) in [6.45, 7) is 6.29. The molecule has 0 aliphatic carbocycles. The summed E-state index contributed by atoms with van der Waals surface area (Å²) in [7, 11) is 1.69. The number of hydrogen-bond acceptors (Lipinski definition) is 4. The normalized spacial score (nSPS) is 12.5. The Balaban J connectivity index is 2.86. The van der Waals surface area contributed by atoms with Crippen molar-refractivity contribution in [2.24, 2.45) is 5.73 Å². The van der Waals surface area contributed by atoms with Crippen molar-refractivity contribution in [2.45, 2.75) is 19.9 Å². The number of likely N-dealkylation sites (N-methyl/N-ethyl adjacent to an activating group) is 1. The molecule has 0 saturated heterocycles. The predicted molar refractivity (Wildman–Crippen MR) is 70.5 cm³/mol. The Morgan fingerprint density at radius 2 is 2.18 bits per heavy atom. The fraction of sp³-hybridized carbons (Fsp3) is 0.538. The number of phenols is 1. The number of aromatic hydroxyl groups is 1. The maximum Gasteiger partial charge on any atom is 0.122 e. The largest absolute Gasteiger partial charge is 0.508 e. The van der Waals surface area contributed by atoms with E-state index in [2.05, 4.69) is 11.8 Å². The summed E-state index contributed by atoms with van der Waals surface area (Å²) in [5.74, 6) is 0.258. The molecule has 0 spiro atoms. The SMILES string of the molecule is CCN(CCOC)c1ccc(C(C)N)c(O)c1. The van der Waals surface area contributed by atoms with Crippen LogP contribution in [0.4, 0.5) is 5.69 Å². The van der Waals surface area contributed by atoms with Crippen LogP contribution in [0.3, 0.4) is 0 Å². The number of methoxy groups -OCH3 is 1. The number of nitrogens with zero attached hydrogens (tertiary/aromatic N) is 1. The van der Waals surface area contributed by atoms with Crippen molar-refractivity contribution in [3.05, 3.63) is 23.8 Å². The predicted octanol–water partition coefficient (Wildman–Crippen LogP) is 1.88. The third kappa shape index (κ3) is 3.61. The molecule has 4 heteroatoms. The molecule has 1 aromatic carbocycles. The van der Waals surface area contributed by atoms with Gasteiger partial charge in [-0.25, -0.2) is 0 Å². The Labute approximate surface area is 103 Å². The second-order valence-electron chi connectivity index (χ2n) is 4.10. The first-order valence-electron chi connectivity index (χ1n) is 5.92. The van der Waals surface area contributed by atoms with Gasteiger partial charge in [-0.05, 0) is 19.9 Å². The number of rotatable bonds is 6. The fourth-order valence-corrected chi connectivity index (χ4v) is 1.79. The molecule has 1 rings (SSSR count). The van der Waals surface area contributed by atoms with Crippen LogP contribution in [-0.2, 0) is 4.74 Å². The molecule has 17 heavy (non-hydrogen) atoms. The first kappa shape index (κ1) is 13.8. The van der Waals surface area contributed by atoms with Gasteiger partial charge in [-0.15, -0.1) is 0 Å². The lowest BCUT2D eigenvalue weighted by Crippen LogP contribution is -2.26. The minimum atomic E-state index is -0.155. The lowest BCUT2D eigenvalue weighted by Gasteiger charge is -2.23. The molecule has 1 atom stereocenters. The third-order valence-electron chi connectivity index (χ3n) is 2.82. The Morgan fingerprint density at radius 3 is 2.65 bits per heavy atom. The van der Waals surface area contributed by atoms with Gasteiger partial charge in [-0.1, -0.05) is 6.07 Å². The number of hydrogen-bond donors (Lipinski definition) is 2. The van der Waals surface area contributed by atoms with E-state index in [1.165, 1.54) is 0 Å². The summed E-state index contributed by atoms with van der Waals surface area (Å²) in [5, 5.41) is 9.89. The van der Waals surface area contributed by atoms with Gasteiger partial charge in [-0.3, -0.25) is 0 Å². The average Bonchev–Trinajstić information content (AvgIpc) is 2.29. The van der Waals surface area contributed by atoms with Crippen molar-refractivity contribution in [2.75, 3.05) is 31.7 Å². The van der Waals surface area contributed by atoms with Gasteiger partial charge in [0, 0.05) is 43.6 Å². The van der Waals surface area contributed by atoms with Crippen LogP contribution < -0.4 is 10.6 Å². The summed E-state index contributed by atoms with van der Waals surface area (Å²) in [4.78, 5) is 2.15. The van der Waals surface area contributed by atoms with E-state index in [9.17, 15) is 5.11 Å². The van der Waals surface area contributed by atoms with E-state index in [1.54, 1.807) is 13.2 Å². The molecular weight excluding hydrogens is 216 g/mol. The number of anilines is 1. The van der Waals surface area contributed by atoms with E-state index in [1.807, 2.05) is 19.1 Å². The minimum Gasteiger partial charge on any atom is -0.508 e. The smallest absolute Gasteiger partial charge is 0.122 e. The van der Waals surface area contributed by atoms with Crippen LogP contribution in [0.5, 0.6) is 5.75 Å². The van der Waals surface area contributed by atoms with Crippen LogP contribution in [0.2, 0.25) is 0 Å². The molecule has 3 N–H and O–H groups in total. The monoisotopic (exact) mass is 238 g/mol. The summed E-state index contributed by atoms with van der Waals surface area (Å²) in [5.41, 5.74) is 7.53. The Bertz CT molecular complexity index is 353. The zero-order valence-electron chi connectivity index (χ0n) is 10.8. The maximum atomic E-state index is 9.89.